The van der Waals surface area contributed by atoms with Gasteiger partial charge in [0.1, 0.15) is 24.3 Å². The largest absolute Gasteiger partial charge is 0.480 e. The minimum atomic E-state index is -0.928. The van der Waals surface area contributed by atoms with E-state index in [4.69, 9.17) is 9.47 Å². The number of nitrogens with zero attached hydrogens (tertiary/aromatic N) is 2. The third kappa shape index (κ3) is 6.76. The fourth-order valence-electron chi connectivity index (χ4n) is 8.91. The van der Waals surface area contributed by atoms with Gasteiger partial charge in [0.05, 0.1) is 0 Å². The van der Waals surface area contributed by atoms with E-state index in [1.165, 1.54) is 20.9 Å². The maximum Gasteiger partial charge on any atom is 0.411 e. The number of carboxylic acid groups (broad SMARTS) is 2. The Kier molecular flexibility index (Phi) is 9.22. The van der Waals surface area contributed by atoms with Gasteiger partial charge in [-0.05, 0) is 92.4 Å². The fraction of sp³-hybridized carbons (Fsp3) is 0.579. The number of aliphatic carboxylic acids is 2. The second-order valence-corrected chi connectivity index (χ2v) is 15.6. The van der Waals surface area contributed by atoms with Crippen LogP contribution >= 0.6 is 0 Å². The molecule has 258 valence electrons. The number of carboxylic acids is 2. The van der Waals surface area contributed by atoms with Gasteiger partial charge in [0.15, 0.2) is 0 Å². The molecule has 2 saturated carbocycles. The van der Waals surface area contributed by atoms with Crippen LogP contribution < -0.4 is 0 Å². The molecule has 2 aliphatic heterocycles. The van der Waals surface area contributed by atoms with Crippen LogP contribution in [0, 0.1) is 10.8 Å². The zero-order valence-electron chi connectivity index (χ0n) is 28.3. The first-order valence-corrected chi connectivity index (χ1v) is 17.4. The standard InChI is InChI=1S/C24H25NO4.C14H23NO4/c26-22(27)21-13-24(11-5-6-12-24)15-25(21)23(28)29-14-20-18-9-3-1-7-16(18)17-8-2-4-10-19(17)20;1-13(2,3)19-12(18)15-9-14(6-4-5-7-14)8-10(15)11(16)17/h1-4,7-10,20-21H,5-6,11-15H2,(H,26,27);10H,4-9H2,1-3H3,(H,16,17). The zero-order valence-corrected chi connectivity index (χ0v) is 28.3. The van der Waals surface area contributed by atoms with Gasteiger partial charge < -0.3 is 19.7 Å². The van der Waals surface area contributed by atoms with Crippen molar-refractivity contribution < 1.29 is 38.9 Å². The van der Waals surface area contributed by atoms with E-state index < -0.39 is 41.8 Å². The first-order chi connectivity index (χ1) is 22.8. The maximum atomic E-state index is 12.9. The number of carbonyl (C=O) groups is 4. The lowest BCUT2D eigenvalue weighted by molar-refractivity contribution is -0.142. The summed E-state index contributed by atoms with van der Waals surface area (Å²) in [5.74, 6) is -1.87. The molecule has 48 heavy (non-hydrogen) atoms. The number of ether oxygens (including phenoxy) is 2. The Morgan fingerprint density at radius 3 is 1.54 bits per heavy atom. The van der Waals surface area contributed by atoms with E-state index in [1.807, 2.05) is 24.3 Å². The van der Waals surface area contributed by atoms with Crippen LogP contribution in [0.4, 0.5) is 9.59 Å². The first kappa shape index (κ1) is 33.8. The maximum absolute atomic E-state index is 12.9. The quantitative estimate of drug-likeness (QED) is 0.349. The Morgan fingerprint density at radius 1 is 0.708 bits per heavy atom. The van der Waals surface area contributed by atoms with E-state index in [-0.39, 0.29) is 23.4 Å². The highest BCUT2D eigenvalue weighted by Gasteiger charge is 2.52. The lowest BCUT2D eigenvalue weighted by Crippen LogP contribution is -2.43. The summed E-state index contributed by atoms with van der Waals surface area (Å²) in [4.78, 5) is 51.1. The van der Waals surface area contributed by atoms with Gasteiger partial charge in [0, 0.05) is 19.0 Å². The summed E-state index contributed by atoms with van der Waals surface area (Å²) in [6.45, 7) is 6.63. The molecule has 2 N–H and O–H groups in total. The Morgan fingerprint density at radius 2 is 1.12 bits per heavy atom. The van der Waals surface area contributed by atoms with Crippen molar-refractivity contribution in [1.29, 1.82) is 0 Å². The molecule has 2 spiro atoms. The predicted octanol–water partition coefficient (Wildman–Crippen LogP) is 7.30. The van der Waals surface area contributed by atoms with E-state index >= 15 is 0 Å². The molecule has 0 radical (unpaired) electrons. The number of fused-ring (bicyclic) bond motifs is 3. The molecular formula is C38H48N2O8. The van der Waals surface area contributed by atoms with Gasteiger partial charge in [-0.15, -0.1) is 0 Å². The molecule has 10 nitrogen and oxygen atoms in total. The Bertz CT molecular complexity index is 1510. The van der Waals surface area contributed by atoms with Crippen LogP contribution in [0.2, 0.25) is 0 Å². The normalized spacial score (nSPS) is 23.5. The zero-order chi connectivity index (χ0) is 34.3. The van der Waals surface area contributed by atoms with E-state index in [1.54, 1.807) is 20.8 Å². The van der Waals surface area contributed by atoms with Crippen LogP contribution in [0.1, 0.15) is 102 Å². The van der Waals surface area contributed by atoms with Crippen molar-refractivity contribution in [3.8, 4) is 11.1 Å². The predicted molar refractivity (Wildman–Crippen MR) is 179 cm³/mol. The monoisotopic (exact) mass is 660 g/mol. The van der Waals surface area contributed by atoms with E-state index in [0.717, 1.165) is 62.5 Å². The van der Waals surface area contributed by atoms with Gasteiger partial charge in [0.2, 0.25) is 0 Å². The highest BCUT2D eigenvalue weighted by atomic mass is 16.6. The summed E-state index contributed by atoms with van der Waals surface area (Å²) in [5.41, 5.74) is 4.06. The molecule has 2 amide bonds. The third-order valence-electron chi connectivity index (χ3n) is 11.1. The molecule has 2 heterocycles. The van der Waals surface area contributed by atoms with E-state index in [9.17, 15) is 29.4 Å². The molecule has 5 aliphatic rings. The second kappa shape index (κ2) is 13.1. The van der Waals surface area contributed by atoms with Crippen LogP contribution in [-0.4, -0.2) is 81.5 Å². The molecule has 2 saturated heterocycles. The van der Waals surface area contributed by atoms with E-state index in [0.29, 0.717) is 25.9 Å². The summed E-state index contributed by atoms with van der Waals surface area (Å²) in [5, 5.41) is 19.0. The highest BCUT2D eigenvalue weighted by Crippen LogP contribution is 2.49. The van der Waals surface area contributed by atoms with Gasteiger partial charge in [-0.25, -0.2) is 19.2 Å². The van der Waals surface area contributed by atoms with Gasteiger partial charge >= 0.3 is 24.1 Å². The minimum absolute atomic E-state index is 0.0139. The SMILES string of the molecule is CC(C)(C)OC(=O)N1CC2(CCCC2)CC1C(=O)O.O=C(O)C1CC2(CCCC2)CN1C(=O)OCC1c2ccccc2-c2ccccc21. The fourth-order valence-corrected chi connectivity index (χ4v) is 8.91. The molecule has 0 aromatic heterocycles. The molecular weight excluding hydrogens is 612 g/mol. The smallest absolute Gasteiger partial charge is 0.411 e. The van der Waals surface area contributed by atoms with Crippen molar-refractivity contribution in [2.24, 2.45) is 10.8 Å². The molecule has 3 aliphatic carbocycles. The van der Waals surface area contributed by atoms with Crippen molar-refractivity contribution in [2.75, 3.05) is 19.7 Å². The number of carbonyl (C=O) groups excluding carboxylic acids is 2. The molecule has 4 fully saturated rings. The molecule has 2 aromatic carbocycles. The van der Waals surface area contributed by atoms with E-state index in [2.05, 4.69) is 24.3 Å². The number of hydrogen-bond acceptors (Lipinski definition) is 6. The molecule has 10 heteroatoms. The van der Waals surface area contributed by atoms with Crippen molar-refractivity contribution in [3.63, 3.8) is 0 Å². The lowest BCUT2D eigenvalue weighted by atomic mass is 9.84. The number of benzene rings is 2. The average molecular weight is 661 g/mol. The highest BCUT2D eigenvalue weighted by molar-refractivity contribution is 5.82. The summed E-state index contributed by atoms with van der Waals surface area (Å²) in [6, 6.07) is 14.9. The van der Waals surface area contributed by atoms with Crippen molar-refractivity contribution in [1.82, 2.24) is 9.80 Å². The molecule has 2 unspecified atom stereocenters. The molecule has 0 bridgehead atoms. The average Bonchev–Trinajstić information content (AvgIpc) is 3.88. The van der Waals surface area contributed by atoms with Gasteiger partial charge in [-0.3, -0.25) is 9.80 Å². The summed E-state index contributed by atoms with van der Waals surface area (Å²) >= 11 is 0. The van der Waals surface area contributed by atoms with Gasteiger partial charge in [-0.2, -0.15) is 0 Å². The second-order valence-electron chi connectivity index (χ2n) is 15.6. The van der Waals surface area contributed by atoms with Crippen molar-refractivity contribution >= 4 is 24.1 Å². The van der Waals surface area contributed by atoms with Crippen LogP contribution in [0.25, 0.3) is 11.1 Å². The van der Waals surface area contributed by atoms with Crippen molar-refractivity contribution in [2.45, 2.75) is 109 Å². The number of likely N-dealkylation sites (tertiary alicyclic amines) is 2. The van der Waals surface area contributed by atoms with Crippen LogP contribution in [0.3, 0.4) is 0 Å². The molecule has 2 aromatic rings. The Labute approximate surface area is 282 Å². The molecule has 2 atom stereocenters. The van der Waals surface area contributed by atoms with Gasteiger partial charge in [-0.1, -0.05) is 74.2 Å². The Balaban J connectivity index is 0.000000184. The van der Waals surface area contributed by atoms with Crippen LogP contribution in [0.5, 0.6) is 0 Å². The van der Waals surface area contributed by atoms with Crippen LogP contribution in [0.15, 0.2) is 48.5 Å². The van der Waals surface area contributed by atoms with Crippen molar-refractivity contribution in [3.05, 3.63) is 59.7 Å². The lowest BCUT2D eigenvalue weighted by Gasteiger charge is -2.27. The third-order valence-corrected chi connectivity index (χ3v) is 11.1. The molecule has 7 rings (SSSR count). The number of rotatable bonds is 4. The Hall–Kier alpha value is -4.08. The number of hydrogen-bond donors (Lipinski definition) is 2. The van der Waals surface area contributed by atoms with Gasteiger partial charge in [0.25, 0.3) is 0 Å². The summed E-state index contributed by atoms with van der Waals surface area (Å²) in [7, 11) is 0. The minimum Gasteiger partial charge on any atom is -0.480 e. The summed E-state index contributed by atoms with van der Waals surface area (Å²) < 4.78 is 11.1. The van der Waals surface area contributed by atoms with Crippen LogP contribution in [-0.2, 0) is 19.1 Å². The topological polar surface area (TPSA) is 134 Å². The first-order valence-electron chi connectivity index (χ1n) is 17.4. The summed E-state index contributed by atoms with van der Waals surface area (Å²) in [6.07, 6.45) is 8.68. The number of amides is 2.